The highest BCUT2D eigenvalue weighted by Crippen LogP contribution is 2.37. The van der Waals surface area contributed by atoms with Crippen LogP contribution in [0.4, 0.5) is 24.5 Å². The average Bonchev–Trinajstić information content (AvgIpc) is 2.67. The van der Waals surface area contributed by atoms with Crippen LogP contribution in [0.2, 0.25) is 5.02 Å². The van der Waals surface area contributed by atoms with Gasteiger partial charge in [0.1, 0.15) is 19.3 Å². The molecule has 2 aromatic carbocycles. The predicted molar refractivity (Wildman–Crippen MR) is 109 cm³/mol. The first-order valence-electron chi connectivity index (χ1n) is 8.94. The predicted octanol–water partition coefficient (Wildman–Crippen LogP) is 3.92. The number of nitrogens with one attached hydrogen (secondary N) is 1. The van der Waals surface area contributed by atoms with Gasteiger partial charge in [-0.05, 0) is 37.3 Å². The van der Waals surface area contributed by atoms with Crippen LogP contribution >= 0.6 is 11.6 Å². The molecule has 1 heterocycles. The maximum Gasteiger partial charge on any atom is 0.417 e. The van der Waals surface area contributed by atoms with Crippen LogP contribution in [0.25, 0.3) is 0 Å². The summed E-state index contributed by atoms with van der Waals surface area (Å²) in [6.07, 6.45) is -3.80. The number of sulfonamides is 1. The number of alkyl halides is 3. The van der Waals surface area contributed by atoms with Gasteiger partial charge in [-0.2, -0.15) is 13.2 Å². The first kappa shape index (κ1) is 23.0. The van der Waals surface area contributed by atoms with E-state index >= 15 is 0 Å². The highest BCUT2D eigenvalue weighted by Gasteiger charge is 2.34. The molecule has 1 N–H and O–H groups in total. The largest absolute Gasteiger partial charge is 0.486 e. The van der Waals surface area contributed by atoms with E-state index in [0.717, 1.165) is 16.6 Å². The highest BCUT2D eigenvalue weighted by molar-refractivity contribution is 7.92. The van der Waals surface area contributed by atoms with Crippen LogP contribution in [-0.4, -0.2) is 39.8 Å². The van der Waals surface area contributed by atoms with Gasteiger partial charge < -0.3 is 14.8 Å². The van der Waals surface area contributed by atoms with E-state index in [4.69, 9.17) is 21.1 Å². The van der Waals surface area contributed by atoms with E-state index < -0.39 is 38.7 Å². The quantitative estimate of drug-likeness (QED) is 0.704. The van der Waals surface area contributed by atoms with Crippen LogP contribution < -0.4 is 19.1 Å². The molecule has 31 heavy (non-hydrogen) atoms. The van der Waals surface area contributed by atoms with Gasteiger partial charge in [-0.3, -0.25) is 9.10 Å². The van der Waals surface area contributed by atoms with Crippen LogP contribution in [0.3, 0.4) is 0 Å². The Morgan fingerprint density at radius 1 is 1.13 bits per heavy atom. The van der Waals surface area contributed by atoms with Crippen LogP contribution in [0.5, 0.6) is 11.5 Å². The van der Waals surface area contributed by atoms with Gasteiger partial charge in [-0.25, -0.2) is 8.42 Å². The molecule has 0 bridgehead atoms. The van der Waals surface area contributed by atoms with Gasteiger partial charge in [0.25, 0.3) is 0 Å². The molecular weight excluding hydrogens is 461 g/mol. The van der Waals surface area contributed by atoms with E-state index in [9.17, 15) is 26.4 Å². The van der Waals surface area contributed by atoms with E-state index in [1.807, 2.05) is 0 Å². The lowest BCUT2D eigenvalue weighted by molar-refractivity contribution is -0.137. The molecule has 0 fully saturated rings. The average molecular weight is 479 g/mol. The molecule has 0 unspecified atom stereocenters. The van der Waals surface area contributed by atoms with Crippen molar-refractivity contribution in [2.75, 3.05) is 29.1 Å². The molecule has 3 rings (SSSR count). The highest BCUT2D eigenvalue weighted by atomic mass is 35.5. The molecule has 0 radical (unpaired) electrons. The maximum absolute atomic E-state index is 13.1. The second kappa shape index (κ2) is 8.46. The van der Waals surface area contributed by atoms with Crippen LogP contribution in [0.15, 0.2) is 36.4 Å². The number of rotatable bonds is 5. The molecule has 0 aliphatic carbocycles. The Morgan fingerprint density at radius 2 is 1.77 bits per heavy atom. The summed E-state index contributed by atoms with van der Waals surface area (Å²) >= 11 is 5.59. The number of amides is 1. The number of anilines is 2. The lowest BCUT2D eigenvalue weighted by Crippen LogP contribution is -2.45. The summed E-state index contributed by atoms with van der Waals surface area (Å²) in [5, 5.41) is 1.79. The Hall–Kier alpha value is -2.66. The van der Waals surface area contributed by atoms with E-state index in [1.165, 1.54) is 31.2 Å². The Balaban J connectivity index is 1.89. The smallest absolute Gasteiger partial charge is 0.417 e. The third-order valence-corrected chi connectivity index (χ3v) is 5.98. The lowest BCUT2D eigenvalue weighted by atomic mass is 10.1. The van der Waals surface area contributed by atoms with Crippen molar-refractivity contribution < 1.29 is 35.9 Å². The van der Waals surface area contributed by atoms with E-state index in [-0.39, 0.29) is 18.0 Å². The van der Waals surface area contributed by atoms with Gasteiger partial charge in [0, 0.05) is 11.8 Å². The third-order valence-electron chi connectivity index (χ3n) is 4.41. The van der Waals surface area contributed by atoms with E-state index in [0.29, 0.717) is 24.2 Å². The SMILES string of the molecule is C[C@@H](C(=O)Nc1ccc(Cl)c(C(F)(F)F)c1)N(c1ccc2c(c1)OCCO2)S(C)(=O)=O. The molecule has 168 valence electrons. The van der Waals surface area contributed by atoms with Gasteiger partial charge in [-0.1, -0.05) is 11.6 Å². The van der Waals surface area contributed by atoms with Crippen LogP contribution in [-0.2, 0) is 21.0 Å². The van der Waals surface area contributed by atoms with Crippen LogP contribution in [0, 0.1) is 0 Å². The number of halogens is 4. The number of hydrogen-bond donors (Lipinski definition) is 1. The first-order chi connectivity index (χ1) is 14.4. The van der Waals surface area contributed by atoms with Crippen molar-refractivity contribution in [2.45, 2.75) is 19.1 Å². The second-order valence-corrected chi connectivity index (χ2v) is 9.01. The lowest BCUT2D eigenvalue weighted by Gasteiger charge is -2.29. The normalized spacial score (nSPS) is 14.6. The Kier molecular flexibility index (Phi) is 6.28. The fourth-order valence-corrected chi connectivity index (χ4v) is 4.44. The summed E-state index contributed by atoms with van der Waals surface area (Å²) in [7, 11) is -3.94. The zero-order valence-corrected chi connectivity index (χ0v) is 17.9. The van der Waals surface area contributed by atoms with Crippen molar-refractivity contribution >= 4 is 38.9 Å². The summed E-state index contributed by atoms with van der Waals surface area (Å²) in [5.74, 6) is -0.0883. The van der Waals surface area contributed by atoms with Gasteiger partial charge in [-0.15, -0.1) is 0 Å². The van der Waals surface area contributed by atoms with Crippen molar-refractivity contribution in [2.24, 2.45) is 0 Å². The molecule has 1 aliphatic heterocycles. The van der Waals surface area contributed by atoms with Crippen molar-refractivity contribution in [3.8, 4) is 11.5 Å². The van der Waals surface area contributed by atoms with Crippen molar-refractivity contribution in [1.29, 1.82) is 0 Å². The summed E-state index contributed by atoms with van der Waals surface area (Å²) in [5.41, 5.74) is -1.16. The Morgan fingerprint density at radius 3 is 2.39 bits per heavy atom. The summed E-state index contributed by atoms with van der Waals surface area (Å²) in [4.78, 5) is 12.7. The topological polar surface area (TPSA) is 84.9 Å². The summed E-state index contributed by atoms with van der Waals surface area (Å²) < 4.78 is 75.8. The molecular formula is C19H18ClF3N2O5S. The monoisotopic (exact) mass is 478 g/mol. The number of nitrogens with zero attached hydrogens (tertiary/aromatic N) is 1. The minimum Gasteiger partial charge on any atom is -0.486 e. The zero-order valence-electron chi connectivity index (χ0n) is 16.4. The fraction of sp³-hybridized carbons (Fsp3) is 0.316. The second-order valence-electron chi connectivity index (χ2n) is 6.74. The van der Waals surface area contributed by atoms with Gasteiger partial charge >= 0.3 is 6.18 Å². The van der Waals surface area contributed by atoms with E-state index in [2.05, 4.69) is 5.32 Å². The minimum atomic E-state index is -4.71. The molecule has 7 nitrogen and oxygen atoms in total. The number of hydrogen-bond acceptors (Lipinski definition) is 5. The molecule has 1 aliphatic rings. The van der Waals surface area contributed by atoms with Gasteiger partial charge in [0.05, 0.1) is 22.5 Å². The number of benzene rings is 2. The van der Waals surface area contributed by atoms with E-state index in [1.54, 1.807) is 0 Å². The minimum absolute atomic E-state index is 0.140. The molecule has 0 saturated heterocycles. The van der Waals surface area contributed by atoms with Gasteiger partial charge in [0.15, 0.2) is 11.5 Å². The molecule has 0 saturated carbocycles. The molecule has 0 aromatic heterocycles. The Labute approximate surface area is 181 Å². The van der Waals surface area contributed by atoms with Crippen molar-refractivity contribution in [3.05, 3.63) is 47.0 Å². The fourth-order valence-electron chi connectivity index (χ4n) is 3.04. The van der Waals surface area contributed by atoms with Crippen molar-refractivity contribution in [1.82, 2.24) is 0 Å². The zero-order chi connectivity index (χ0) is 23.0. The Bertz CT molecular complexity index is 1110. The van der Waals surface area contributed by atoms with Gasteiger partial charge in [0.2, 0.25) is 15.9 Å². The summed E-state index contributed by atoms with van der Waals surface area (Å²) in [6, 6.07) is 5.97. The molecule has 1 amide bonds. The van der Waals surface area contributed by atoms with Crippen molar-refractivity contribution in [3.63, 3.8) is 0 Å². The summed E-state index contributed by atoms with van der Waals surface area (Å²) in [6.45, 7) is 1.94. The molecule has 1 atom stereocenters. The number of carbonyl (C=O) groups is 1. The number of ether oxygens (including phenoxy) is 2. The number of fused-ring (bicyclic) bond motifs is 1. The first-order valence-corrected chi connectivity index (χ1v) is 11.2. The molecule has 12 heteroatoms. The standard InChI is InChI=1S/C19H18ClF3N2O5S/c1-11(18(26)24-12-3-5-15(20)14(9-12)19(21,22)23)25(31(2,27)28)13-4-6-16-17(10-13)30-8-7-29-16/h3-6,9-11H,7-8H2,1-2H3,(H,24,26)/t11-/m0/s1. The number of carbonyl (C=O) groups excluding carboxylic acids is 1. The molecule has 2 aromatic rings. The molecule has 0 spiro atoms. The third kappa shape index (κ3) is 5.16. The van der Waals surface area contributed by atoms with Crippen LogP contribution in [0.1, 0.15) is 12.5 Å². The maximum atomic E-state index is 13.1.